The molecular weight excluding hydrogens is 254 g/mol. The van der Waals surface area contributed by atoms with Gasteiger partial charge in [-0.05, 0) is 20.8 Å². The van der Waals surface area contributed by atoms with E-state index in [1.807, 2.05) is 20.8 Å². The highest BCUT2D eigenvalue weighted by Crippen LogP contribution is 2.08. The second-order valence-electron chi connectivity index (χ2n) is 4.45. The van der Waals surface area contributed by atoms with Crippen LogP contribution in [0.3, 0.4) is 0 Å². The van der Waals surface area contributed by atoms with Crippen molar-refractivity contribution in [3.05, 3.63) is 0 Å². The molecule has 0 spiro atoms. The van der Waals surface area contributed by atoms with Gasteiger partial charge in [-0.2, -0.15) is 12.6 Å². The normalized spacial score (nSPS) is 11.6. The zero-order valence-electron chi connectivity index (χ0n) is 11.5. The number of hydrogen-bond acceptors (Lipinski definition) is 5. The van der Waals surface area contributed by atoms with Crippen LogP contribution < -0.4 is 5.32 Å². The molecule has 1 amide bonds. The monoisotopic (exact) mass is 279 g/mol. The molecule has 18 heavy (non-hydrogen) atoms. The van der Waals surface area contributed by atoms with Gasteiger partial charge in [-0.3, -0.25) is 4.79 Å². The first-order valence-corrected chi connectivity index (χ1v) is 6.62. The Morgan fingerprint density at radius 3 is 2.22 bits per heavy atom. The lowest BCUT2D eigenvalue weighted by molar-refractivity contribution is -0.126. The number of nitrogens with one attached hydrogen (secondary N) is 1. The van der Waals surface area contributed by atoms with E-state index in [-0.39, 0.29) is 17.3 Å². The van der Waals surface area contributed by atoms with Crippen molar-refractivity contribution in [3.8, 4) is 0 Å². The number of ether oxygens (including phenoxy) is 3. The van der Waals surface area contributed by atoms with Gasteiger partial charge in [0.2, 0.25) is 5.91 Å². The lowest BCUT2D eigenvalue weighted by Crippen LogP contribution is -2.37. The fourth-order valence-corrected chi connectivity index (χ4v) is 1.09. The summed E-state index contributed by atoms with van der Waals surface area (Å²) < 4.78 is 15.3. The summed E-state index contributed by atoms with van der Waals surface area (Å²) >= 11 is 4.31. The first kappa shape index (κ1) is 17.7. The molecule has 0 aromatic rings. The molecule has 5 nitrogen and oxygen atoms in total. The third kappa shape index (κ3) is 13.8. The van der Waals surface area contributed by atoms with Gasteiger partial charge in [0.25, 0.3) is 0 Å². The summed E-state index contributed by atoms with van der Waals surface area (Å²) in [5, 5.41) is 2.74. The quantitative estimate of drug-likeness (QED) is 0.435. The zero-order chi connectivity index (χ0) is 13.9. The van der Waals surface area contributed by atoms with Crippen LogP contribution >= 0.6 is 12.6 Å². The molecule has 108 valence electrons. The van der Waals surface area contributed by atoms with E-state index < -0.39 is 0 Å². The molecular formula is C12H25NO4S. The Morgan fingerprint density at radius 2 is 1.67 bits per heavy atom. The van der Waals surface area contributed by atoms with Gasteiger partial charge in [0.1, 0.15) is 6.61 Å². The van der Waals surface area contributed by atoms with Crippen molar-refractivity contribution in [1.82, 2.24) is 5.32 Å². The maximum Gasteiger partial charge on any atom is 0.246 e. The van der Waals surface area contributed by atoms with Gasteiger partial charge in [0.05, 0.1) is 26.4 Å². The average molecular weight is 279 g/mol. The van der Waals surface area contributed by atoms with Gasteiger partial charge in [0.15, 0.2) is 0 Å². The topological polar surface area (TPSA) is 56.8 Å². The van der Waals surface area contributed by atoms with Crippen molar-refractivity contribution in [1.29, 1.82) is 0 Å². The number of thiol groups is 1. The number of rotatable bonds is 11. The van der Waals surface area contributed by atoms with E-state index in [2.05, 4.69) is 17.9 Å². The maximum atomic E-state index is 11.3. The zero-order valence-corrected chi connectivity index (χ0v) is 12.4. The molecule has 0 aliphatic rings. The van der Waals surface area contributed by atoms with Crippen LogP contribution in [0.5, 0.6) is 0 Å². The summed E-state index contributed by atoms with van der Waals surface area (Å²) in [6, 6.07) is 0. The second-order valence-corrected chi connectivity index (χ2v) is 5.66. The Kier molecular flexibility index (Phi) is 10.4. The Hall–Kier alpha value is -0.300. The highest BCUT2D eigenvalue weighted by molar-refractivity contribution is 7.81. The van der Waals surface area contributed by atoms with E-state index in [0.29, 0.717) is 39.6 Å². The van der Waals surface area contributed by atoms with E-state index in [4.69, 9.17) is 14.2 Å². The molecule has 0 aliphatic heterocycles. The summed E-state index contributed by atoms with van der Waals surface area (Å²) in [5.74, 6) is -0.133. The van der Waals surface area contributed by atoms with Gasteiger partial charge in [-0.1, -0.05) is 0 Å². The Balaban J connectivity index is 3.25. The fourth-order valence-electron chi connectivity index (χ4n) is 1.01. The minimum absolute atomic E-state index is 0.0542. The van der Waals surface area contributed by atoms with Gasteiger partial charge in [-0.15, -0.1) is 0 Å². The maximum absolute atomic E-state index is 11.3. The van der Waals surface area contributed by atoms with Crippen LogP contribution in [-0.4, -0.2) is 56.8 Å². The van der Waals surface area contributed by atoms with Crippen molar-refractivity contribution in [2.24, 2.45) is 0 Å². The predicted octanol–water partition coefficient (Wildman–Crippen LogP) is 0.881. The molecule has 0 heterocycles. The average Bonchev–Trinajstić information content (AvgIpc) is 2.29. The van der Waals surface area contributed by atoms with Crippen LogP contribution in [0.15, 0.2) is 0 Å². The molecule has 0 atom stereocenters. The predicted molar refractivity (Wildman–Crippen MR) is 74.2 cm³/mol. The molecule has 0 unspecified atom stereocenters. The number of hydrogen-bond donors (Lipinski definition) is 2. The van der Waals surface area contributed by atoms with Crippen molar-refractivity contribution >= 4 is 18.5 Å². The molecule has 0 bridgehead atoms. The van der Waals surface area contributed by atoms with Crippen LogP contribution in [-0.2, 0) is 19.0 Å². The third-order valence-corrected chi connectivity index (χ3v) is 2.06. The Bertz CT molecular complexity index is 219. The van der Waals surface area contributed by atoms with E-state index in [1.54, 1.807) is 0 Å². The fraction of sp³-hybridized carbons (Fsp3) is 0.917. The number of amides is 1. The summed E-state index contributed by atoms with van der Waals surface area (Å²) in [4.78, 5) is 11.3. The van der Waals surface area contributed by atoms with Crippen LogP contribution in [0.2, 0.25) is 0 Å². The molecule has 0 aromatic carbocycles. The van der Waals surface area contributed by atoms with Crippen molar-refractivity contribution in [2.45, 2.75) is 25.5 Å². The van der Waals surface area contributed by atoms with E-state index >= 15 is 0 Å². The SMILES string of the molecule is CCOCCOCCOCC(=O)NCC(C)(C)S. The van der Waals surface area contributed by atoms with Gasteiger partial charge in [-0.25, -0.2) is 0 Å². The summed E-state index contributed by atoms with van der Waals surface area (Å²) in [5.41, 5.74) is 0. The molecule has 0 saturated heterocycles. The molecule has 6 heteroatoms. The Morgan fingerprint density at radius 1 is 1.11 bits per heavy atom. The summed E-state index contributed by atoms with van der Waals surface area (Å²) in [6.45, 7) is 9.09. The first-order chi connectivity index (χ1) is 8.45. The molecule has 0 radical (unpaired) electrons. The number of carbonyl (C=O) groups excluding carboxylic acids is 1. The lowest BCUT2D eigenvalue weighted by atomic mass is 10.2. The van der Waals surface area contributed by atoms with Crippen LogP contribution in [0.4, 0.5) is 0 Å². The van der Waals surface area contributed by atoms with Crippen LogP contribution in [0, 0.1) is 0 Å². The molecule has 0 aromatic heterocycles. The highest BCUT2D eigenvalue weighted by atomic mass is 32.1. The van der Waals surface area contributed by atoms with E-state index in [1.165, 1.54) is 0 Å². The smallest absolute Gasteiger partial charge is 0.246 e. The lowest BCUT2D eigenvalue weighted by Gasteiger charge is -2.17. The van der Waals surface area contributed by atoms with Crippen molar-refractivity contribution in [3.63, 3.8) is 0 Å². The minimum atomic E-state index is -0.210. The summed E-state index contributed by atoms with van der Waals surface area (Å²) in [7, 11) is 0. The van der Waals surface area contributed by atoms with Crippen molar-refractivity contribution < 1.29 is 19.0 Å². The van der Waals surface area contributed by atoms with E-state index in [9.17, 15) is 4.79 Å². The largest absolute Gasteiger partial charge is 0.379 e. The number of carbonyl (C=O) groups is 1. The molecule has 0 saturated carbocycles. The van der Waals surface area contributed by atoms with Crippen LogP contribution in [0.1, 0.15) is 20.8 Å². The third-order valence-electron chi connectivity index (χ3n) is 1.90. The van der Waals surface area contributed by atoms with Crippen molar-refractivity contribution in [2.75, 3.05) is 46.2 Å². The molecule has 0 fully saturated rings. The second kappa shape index (κ2) is 10.6. The minimum Gasteiger partial charge on any atom is -0.379 e. The first-order valence-electron chi connectivity index (χ1n) is 6.18. The Labute approximate surface area is 115 Å². The highest BCUT2D eigenvalue weighted by Gasteiger charge is 2.12. The molecule has 1 N–H and O–H groups in total. The standard InChI is InChI=1S/C12H25NO4S/c1-4-15-5-6-16-7-8-17-9-11(14)13-10-12(2,3)18/h18H,4-10H2,1-3H3,(H,13,14). The molecule has 0 rings (SSSR count). The van der Waals surface area contributed by atoms with Crippen LogP contribution in [0.25, 0.3) is 0 Å². The van der Waals surface area contributed by atoms with Gasteiger partial charge >= 0.3 is 0 Å². The van der Waals surface area contributed by atoms with Gasteiger partial charge in [0, 0.05) is 17.9 Å². The van der Waals surface area contributed by atoms with Gasteiger partial charge < -0.3 is 19.5 Å². The molecule has 0 aliphatic carbocycles. The summed E-state index contributed by atoms with van der Waals surface area (Å²) in [6.07, 6.45) is 0. The van der Waals surface area contributed by atoms with E-state index in [0.717, 1.165) is 0 Å².